The van der Waals surface area contributed by atoms with Crippen LogP contribution in [-0.2, 0) is 0 Å². The molecule has 1 heterocycles. The lowest BCUT2D eigenvalue weighted by molar-refractivity contribution is -0.0182. The van der Waals surface area contributed by atoms with Crippen molar-refractivity contribution in [3.05, 3.63) is 47.5 Å². The monoisotopic (exact) mass is 306 g/mol. The van der Waals surface area contributed by atoms with Gasteiger partial charge in [0.05, 0.1) is 12.3 Å². The standard InChI is InChI=1S/C21H26N2/c1-2-4-19(5-3-1)20-9-18(13-22-20)14-23-21-10-15-6-16(11-21)8-17(7-15)12-21/h1-5,9,15-17,23H,6-8,10-14H2. The first-order chi connectivity index (χ1) is 11.3. The summed E-state index contributed by atoms with van der Waals surface area (Å²) in [4.78, 5) is 4.74. The van der Waals surface area contributed by atoms with Crippen LogP contribution in [0.4, 0.5) is 0 Å². The summed E-state index contributed by atoms with van der Waals surface area (Å²) in [5.74, 6) is 3.05. The Labute approximate surface area is 139 Å². The first-order valence-electron chi connectivity index (χ1n) is 9.32. The van der Waals surface area contributed by atoms with Crippen LogP contribution in [0.5, 0.6) is 0 Å². The van der Waals surface area contributed by atoms with E-state index in [-0.39, 0.29) is 0 Å². The summed E-state index contributed by atoms with van der Waals surface area (Å²) in [6, 6.07) is 10.6. The molecule has 6 rings (SSSR count). The second-order valence-corrected chi connectivity index (χ2v) is 8.42. The van der Waals surface area contributed by atoms with E-state index in [2.05, 4.69) is 41.7 Å². The van der Waals surface area contributed by atoms with Crippen LogP contribution in [0.15, 0.2) is 47.0 Å². The Morgan fingerprint density at radius 3 is 2.26 bits per heavy atom. The fourth-order valence-corrected chi connectivity index (χ4v) is 5.99. The van der Waals surface area contributed by atoms with E-state index < -0.39 is 0 Å². The minimum Gasteiger partial charge on any atom is -0.307 e. The molecule has 1 aromatic carbocycles. The van der Waals surface area contributed by atoms with Gasteiger partial charge in [-0.1, -0.05) is 30.3 Å². The van der Waals surface area contributed by atoms with Crippen molar-refractivity contribution < 1.29 is 0 Å². The Hall–Kier alpha value is -1.41. The van der Waals surface area contributed by atoms with Crippen LogP contribution in [0.3, 0.4) is 0 Å². The number of benzene rings is 1. The fourth-order valence-electron chi connectivity index (χ4n) is 5.99. The average molecular weight is 306 g/mol. The Balaban J connectivity index is 1.26. The molecule has 4 aliphatic carbocycles. The summed E-state index contributed by atoms with van der Waals surface area (Å²) in [7, 11) is 0. The first kappa shape index (κ1) is 14.0. The summed E-state index contributed by atoms with van der Waals surface area (Å²) < 4.78 is 0. The highest BCUT2D eigenvalue weighted by Crippen LogP contribution is 2.55. The Morgan fingerprint density at radius 2 is 1.61 bits per heavy atom. The Morgan fingerprint density at radius 1 is 0.957 bits per heavy atom. The molecule has 2 nitrogen and oxygen atoms in total. The third kappa shape index (κ3) is 2.57. The molecule has 4 fully saturated rings. The lowest BCUT2D eigenvalue weighted by Crippen LogP contribution is -2.58. The Kier molecular flexibility index (Phi) is 3.22. The highest BCUT2D eigenvalue weighted by atomic mass is 15.0. The van der Waals surface area contributed by atoms with Crippen molar-refractivity contribution in [3.63, 3.8) is 0 Å². The van der Waals surface area contributed by atoms with Crippen LogP contribution in [0.2, 0.25) is 0 Å². The van der Waals surface area contributed by atoms with Gasteiger partial charge < -0.3 is 5.32 Å². The van der Waals surface area contributed by atoms with E-state index in [1.54, 1.807) is 0 Å². The van der Waals surface area contributed by atoms with Crippen molar-refractivity contribution in [2.24, 2.45) is 22.7 Å². The molecule has 0 radical (unpaired) electrons. The van der Waals surface area contributed by atoms with E-state index >= 15 is 0 Å². The highest BCUT2D eigenvalue weighted by Gasteiger charge is 2.50. The summed E-state index contributed by atoms with van der Waals surface area (Å²) >= 11 is 0. The molecule has 0 atom stereocenters. The fraction of sp³-hybridized carbons (Fsp3) is 0.571. The molecule has 1 aromatic rings. The van der Waals surface area contributed by atoms with Crippen molar-refractivity contribution in [1.29, 1.82) is 0 Å². The van der Waals surface area contributed by atoms with Crippen molar-refractivity contribution >= 4 is 5.71 Å². The zero-order chi connectivity index (χ0) is 15.3. The second kappa shape index (κ2) is 5.31. The van der Waals surface area contributed by atoms with Crippen LogP contribution >= 0.6 is 0 Å². The van der Waals surface area contributed by atoms with Crippen LogP contribution in [0.1, 0.15) is 44.1 Å². The molecule has 0 spiro atoms. The number of nitrogens with zero attached hydrogens (tertiary/aromatic N) is 1. The molecule has 2 heteroatoms. The van der Waals surface area contributed by atoms with Gasteiger partial charge >= 0.3 is 0 Å². The van der Waals surface area contributed by atoms with Gasteiger partial charge in [0, 0.05) is 12.1 Å². The molecule has 0 saturated heterocycles. The van der Waals surface area contributed by atoms with Gasteiger partial charge in [0.1, 0.15) is 0 Å². The van der Waals surface area contributed by atoms with E-state index in [1.807, 2.05) is 0 Å². The van der Waals surface area contributed by atoms with Gasteiger partial charge in [-0.25, -0.2) is 0 Å². The molecule has 0 unspecified atom stereocenters. The van der Waals surface area contributed by atoms with Crippen LogP contribution in [-0.4, -0.2) is 24.3 Å². The van der Waals surface area contributed by atoms with Crippen LogP contribution in [0.25, 0.3) is 0 Å². The molecule has 0 amide bonds. The third-order valence-electron chi connectivity index (χ3n) is 6.59. The molecule has 1 aliphatic heterocycles. The van der Waals surface area contributed by atoms with Crippen molar-refractivity contribution in [2.45, 2.75) is 44.1 Å². The molecule has 23 heavy (non-hydrogen) atoms. The summed E-state index contributed by atoms with van der Waals surface area (Å²) in [6.07, 6.45) is 11.2. The molecule has 1 N–H and O–H groups in total. The topological polar surface area (TPSA) is 24.4 Å². The molecular weight excluding hydrogens is 280 g/mol. The quantitative estimate of drug-likeness (QED) is 0.894. The Bertz CT molecular complexity index is 620. The maximum Gasteiger partial charge on any atom is 0.0651 e. The number of aliphatic imine (C=N–C) groups is 1. The third-order valence-corrected chi connectivity index (χ3v) is 6.59. The normalized spacial score (nSPS) is 37.8. The molecule has 5 aliphatic rings. The largest absolute Gasteiger partial charge is 0.307 e. The van der Waals surface area contributed by atoms with Gasteiger partial charge in [0.25, 0.3) is 0 Å². The molecule has 0 aromatic heterocycles. The summed E-state index contributed by atoms with van der Waals surface area (Å²) in [6.45, 7) is 1.91. The molecule has 120 valence electrons. The first-order valence-corrected chi connectivity index (χ1v) is 9.32. The van der Waals surface area contributed by atoms with E-state index in [0.717, 1.165) is 36.6 Å². The van der Waals surface area contributed by atoms with Crippen molar-refractivity contribution in [3.8, 4) is 0 Å². The van der Waals surface area contributed by atoms with Gasteiger partial charge in [0.2, 0.25) is 0 Å². The maximum atomic E-state index is 4.74. The lowest BCUT2D eigenvalue weighted by Gasteiger charge is -2.57. The van der Waals surface area contributed by atoms with E-state index in [0.29, 0.717) is 5.54 Å². The molecule has 4 saturated carbocycles. The number of hydrogen-bond donors (Lipinski definition) is 1. The number of allylic oxidation sites excluding steroid dienone is 1. The predicted molar refractivity (Wildman–Crippen MR) is 94.8 cm³/mol. The number of nitrogens with one attached hydrogen (secondary N) is 1. The van der Waals surface area contributed by atoms with Crippen LogP contribution in [0, 0.1) is 17.8 Å². The minimum atomic E-state index is 0.463. The van der Waals surface area contributed by atoms with E-state index in [1.165, 1.54) is 49.7 Å². The zero-order valence-electron chi connectivity index (χ0n) is 13.8. The van der Waals surface area contributed by atoms with Gasteiger partial charge in [0.15, 0.2) is 0 Å². The van der Waals surface area contributed by atoms with Crippen molar-refractivity contribution in [2.75, 3.05) is 13.1 Å². The van der Waals surface area contributed by atoms with Crippen LogP contribution < -0.4 is 5.32 Å². The molecular formula is C21H26N2. The minimum absolute atomic E-state index is 0.463. The van der Waals surface area contributed by atoms with Crippen molar-refractivity contribution in [1.82, 2.24) is 5.32 Å². The molecule has 4 bridgehead atoms. The van der Waals surface area contributed by atoms with Gasteiger partial charge in [-0.15, -0.1) is 0 Å². The maximum absolute atomic E-state index is 4.74. The second-order valence-electron chi connectivity index (χ2n) is 8.42. The van der Waals surface area contributed by atoms with E-state index in [9.17, 15) is 0 Å². The SMILES string of the molecule is C1=C(CNC23CC4CC(CC(C4)C2)C3)CN=C1c1ccccc1. The smallest absolute Gasteiger partial charge is 0.0651 e. The zero-order valence-corrected chi connectivity index (χ0v) is 13.8. The predicted octanol–water partition coefficient (Wildman–Crippen LogP) is 3.97. The van der Waals surface area contributed by atoms with E-state index in [4.69, 9.17) is 4.99 Å². The van der Waals surface area contributed by atoms with Gasteiger partial charge in [-0.05, 0) is 73.5 Å². The lowest BCUT2D eigenvalue weighted by atomic mass is 9.53. The highest BCUT2D eigenvalue weighted by molar-refractivity contribution is 6.10. The van der Waals surface area contributed by atoms with Gasteiger partial charge in [-0.3, -0.25) is 4.99 Å². The number of rotatable bonds is 4. The summed E-state index contributed by atoms with van der Waals surface area (Å²) in [5.41, 5.74) is 4.33. The van der Waals surface area contributed by atoms with Gasteiger partial charge in [-0.2, -0.15) is 0 Å². The average Bonchev–Trinajstić information content (AvgIpc) is 3.02. The number of hydrogen-bond acceptors (Lipinski definition) is 2. The summed E-state index contributed by atoms with van der Waals surface area (Å²) in [5, 5.41) is 4.00.